The lowest BCUT2D eigenvalue weighted by atomic mass is 10.3. The van der Waals surface area contributed by atoms with E-state index in [0.29, 0.717) is 28.3 Å². The van der Waals surface area contributed by atoms with Crippen LogP contribution in [0.25, 0.3) is 0 Å². The van der Waals surface area contributed by atoms with Crippen molar-refractivity contribution in [1.29, 1.82) is 0 Å². The lowest BCUT2D eigenvalue weighted by Gasteiger charge is -2.10. The van der Waals surface area contributed by atoms with Crippen molar-refractivity contribution < 1.29 is 9.53 Å². The fourth-order valence-corrected chi connectivity index (χ4v) is 5.08. The molecule has 0 bridgehead atoms. The van der Waals surface area contributed by atoms with Gasteiger partial charge < -0.3 is 14.6 Å². The first-order valence-corrected chi connectivity index (χ1v) is 12.8. The largest absolute Gasteiger partial charge is 0.456 e. The number of benzene rings is 2. The van der Waals surface area contributed by atoms with Crippen LogP contribution in [0.2, 0.25) is 5.02 Å². The molecule has 0 radical (unpaired) electrons. The quantitative estimate of drug-likeness (QED) is 0.270. The van der Waals surface area contributed by atoms with Gasteiger partial charge in [0, 0.05) is 23.0 Å². The second-order valence-corrected chi connectivity index (χ2v) is 10.0. The van der Waals surface area contributed by atoms with E-state index in [1.54, 1.807) is 41.7 Å². The summed E-state index contributed by atoms with van der Waals surface area (Å²) in [4.78, 5) is 13.8. The van der Waals surface area contributed by atoms with Gasteiger partial charge in [-0.3, -0.25) is 4.79 Å². The Balaban J connectivity index is 1.17. The third-order valence-corrected chi connectivity index (χ3v) is 7.23. The maximum Gasteiger partial charge on any atom is 0.234 e. The van der Waals surface area contributed by atoms with Gasteiger partial charge in [-0.15, -0.1) is 21.5 Å². The molecular formula is C24H21ClN4O2S2. The van der Waals surface area contributed by atoms with Crippen molar-refractivity contribution in [2.45, 2.75) is 30.5 Å². The van der Waals surface area contributed by atoms with Gasteiger partial charge in [-0.25, -0.2) is 0 Å². The first kappa shape index (κ1) is 22.0. The Morgan fingerprint density at radius 3 is 2.67 bits per heavy atom. The molecule has 1 aliphatic carbocycles. The number of amides is 1. The molecule has 0 spiro atoms. The third-order valence-electron chi connectivity index (χ3n) is 5.09. The molecule has 1 aliphatic rings. The molecule has 0 atom stereocenters. The fraction of sp³-hybridized carbons (Fsp3) is 0.208. The van der Waals surface area contributed by atoms with Crippen LogP contribution in [-0.2, 0) is 11.2 Å². The summed E-state index contributed by atoms with van der Waals surface area (Å²) in [6, 6.07) is 19.1. The van der Waals surface area contributed by atoms with Gasteiger partial charge in [-0.05, 0) is 60.7 Å². The van der Waals surface area contributed by atoms with Crippen LogP contribution < -0.4 is 10.1 Å². The SMILES string of the molecule is O=C(CSc1nnc(Cc2cccs2)n1C1CC1)Nc1ccc(Oc2ccccc2Cl)cc1. The van der Waals surface area contributed by atoms with Gasteiger partial charge in [0.15, 0.2) is 5.16 Å². The molecule has 33 heavy (non-hydrogen) atoms. The number of anilines is 1. The van der Waals surface area contributed by atoms with Crippen molar-refractivity contribution in [1.82, 2.24) is 14.8 Å². The van der Waals surface area contributed by atoms with Gasteiger partial charge >= 0.3 is 0 Å². The van der Waals surface area contributed by atoms with E-state index in [4.69, 9.17) is 16.3 Å². The van der Waals surface area contributed by atoms with Gasteiger partial charge in [0.1, 0.15) is 17.3 Å². The van der Waals surface area contributed by atoms with Crippen LogP contribution in [0.15, 0.2) is 71.2 Å². The van der Waals surface area contributed by atoms with Crippen LogP contribution in [0.4, 0.5) is 5.69 Å². The number of thioether (sulfide) groups is 1. The third kappa shape index (κ3) is 5.58. The summed E-state index contributed by atoms with van der Waals surface area (Å²) in [6.45, 7) is 0. The minimum absolute atomic E-state index is 0.0927. The Bertz CT molecular complexity index is 1240. The number of carbonyl (C=O) groups is 1. The molecule has 6 nitrogen and oxygen atoms in total. The van der Waals surface area contributed by atoms with Crippen molar-refractivity contribution >= 4 is 46.3 Å². The predicted molar refractivity (Wildman–Crippen MR) is 133 cm³/mol. The minimum Gasteiger partial charge on any atom is -0.456 e. The van der Waals surface area contributed by atoms with Crippen molar-refractivity contribution in [3.8, 4) is 11.5 Å². The summed E-state index contributed by atoms with van der Waals surface area (Å²) in [6.07, 6.45) is 3.05. The summed E-state index contributed by atoms with van der Waals surface area (Å²) in [5, 5.41) is 15.1. The minimum atomic E-state index is -0.0927. The lowest BCUT2D eigenvalue weighted by Crippen LogP contribution is -2.14. The Labute approximate surface area is 205 Å². The van der Waals surface area contributed by atoms with Gasteiger partial charge in [-0.1, -0.05) is 41.6 Å². The molecular weight excluding hydrogens is 476 g/mol. The van der Waals surface area contributed by atoms with E-state index in [1.165, 1.54) is 16.6 Å². The average Bonchev–Trinajstić information content (AvgIpc) is 3.37. The van der Waals surface area contributed by atoms with Crippen LogP contribution in [0, 0.1) is 0 Å². The zero-order chi connectivity index (χ0) is 22.6. The van der Waals surface area contributed by atoms with Crippen LogP contribution in [0.5, 0.6) is 11.5 Å². The monoisotopic (exact) mass is 496 g/mol. The Morgan fingerprint density at radius 2 is 1.94 bits per heavy atom. The highest BCUT2D eigenvalue weighted by molar-refractivity contribution is 7.99. The van der Waals surface area contributed by atoms with Crippen molar-refractivity contribution in [3.05, 3.63) is 81.8 Å². The molecule has 0 unspecified atom stereocenters. The van der Waals surface area contributed by atoms with E-state index in [2.05, 4.69) is 31.5 Å². The van der Waals surface area contributed by atoms with Gasteiger partial charge in [0.25, 0.3) is 0 Å². The second-order valence-electron chi connectivity index (χ2n) is 7.65. The smallest absolute Gasteiger partial charge is 0.234 e. The molecule has 2 aromatic carbocycles. The molecule has 1 fully saturated rings. The highest BCUT2D eigenvalue weighted by Crippen LogP contribution is 2.39. The number of aromatic nitrogens is 3. The van der Waals surface area contributed by atoms with E-state index < -0.39 is 0 Å². The van der Waals surface area contributed by atoms with Crippen LogP contribution in [-0.4, -0.2) is 26.4 Å². The Kier molecular flexibility index (Phi) is 6.66. The first-order valence-electron chi connectivity index (χ1n) is 10.6. The van der Waals surface area contributed by atoms with Gasteiger partial charge in [0.05, 0.1) is 10.8 Å². The molecule has 0 saturated heterocycles. The van der Waals surface area contributed by atoms with Crippen molar-refractivity contribution in [2.75, 3.05) is 11.1 Å². The highest BCUT2D eigenvalue weighted by atomic mass is 35.5. The number of hydrogen-bond donors (Lipinski definition) is 1. The van der Waals surface area contributed by atoms with Gasteiger partial charge in [-0.2, -0.15) is 0 Å². The Hall–Kier alpha value is -2.81. The van der Waals surface area contributed by atoms with E-state index >= 15 is 0 Å². The number of ether oxygens (including phenoxy) is 1. The topological polar surface area (TPSA) is 69.0 Å². The Morgan fingerprint density at radius 1 is 1.12 bits per heavy atom. The zero-order valence-corrected chi connectivity index (χ0v) is 20.0. The van der Waals surface area contributed by atoms with Crippen molar-refractivity contribution in [3.63, 3.8) is 0 Å². The standard InChI is InChI=1S/C24H21ClN4O2S2/c25-20-5-1-2-6-21(20)31-18-11-7-16(8-12-18)26-23(30)15-33-24-28-27-22(29(24)17-9-10-17)14-19-4-3-13-32-19/h1-8,11-13,17H,9-10,14-15H2,(H,26,30). The molecule has 9 heteroatoms. The number of nitrogens with zero attached hydrogens (tertiary/aromatic N) is 3. The molecule has 168 valence electrons. The van der Waals surface area contributed by atoms with E-state index in [0.717, 1.165) is 30.2 Å². The zero-order valence-electron chi connectivity index (χ0n) is 17.6. The maximum atomic E-state index is 12.5. The fourth-order valence-electron chi connectivity index (χ4n) is 3.38. The number of para-hydroxylation sites is 1. The summed E-state index contributed by atoms with van der Waals surface area (Å²) < 4.78 is 8.00. The molecule has 1 N–H and O–H groups in total. The number of thiophene rings is 1. The summed E-state index contributed by atoms with van der Waals surface area (Å²) in [5.74, 6) is 2.38. The first-order chi connectivity index (χ1) is 16.2. The normalized spacial score (nSPS) is 13.1. The molecule has 2 heterocycles. The number of hydrogen-bond acceptors (Lipinski definition) is 6. The lowest BCUT2D eigenvalue weighted by molar-refractivity contribution is -0.113. The molecule has 0 aliphatic heterocycles. The second kappa shape index (κ2) is 9.99. The maximum absolute atomic E-state index is 12.5. The van der Waals surface area contributed by atoms with Gasteiger partial charge in [0.2, 0.25) is 5.91 Å². The molecule has 1 amide bonds. The average molecular weight is 497 g/mol. The van der Waals surface area contributed by atoms with Crippen LogP contribution >= 0.6 is 34.7 Å². The van der Waals surface area contributed by atoms with E-state index in [9.17, 15) is 4.79 Å². The summed E-state index contributed by atoms with van der Waals surface area (Å²) >= 11 is 9.28. The van der Waals surface area contributed by atoms with E-state index in [-0.39, 0.29) is 11.7 Å². The van der Waals surface area contributed by atoms with E-state index in [1.807, 2.05) is 24.3 Å². The summed E-state index contributed by atoms with van der Waals surface area (Å²) in [5.41, 5.74) is 0.703. The molecule has 2 aromatic heterocycles. The molecule has 1 saturated carbocycles. The van der Waals surface area contributed by atoms with Crippen LogP contribution in [0.1, 0.15) is 29.6 Å². The number of carbonyl (C=O) groups excluding carboxylic acids is 1. The number of halogens is 1. The highest BCUT2D eigenvalue weighted by Gasteiger charge is 2.30. The predicted octanol–water partition coefficient (Wildman–Crippen LogP) is 6.44. The molecule has 4 aromatic rings. The number of nitrogens with one attached hydrogen (secondary N) is 1. The van der Waals surface area contributed by atoms with Crippen LogP contribution in [0.3, 0.4) is 0 Å². The van der Waals surface area contributed by atoms with Crippen molar-refractivity contribution in [2.24, 2.45) is 0 Å². The summed E-state index contributed by atoms with van der Waals surface area (Å²) in [7, 11) is 0. The number of rotatable bonds is 9. The molecule has 5 rings (SSSR count).